The Morgan fingerprint density at radius 1 is 1.32 bits per heavy atom. The van der Waals surface area contributed by atoms with Crippen LogP contribution in [-0.2, 0) is 9.59 Å². The summed E-state index contributed by atoms with van der Waals surface area (Å²) in [4.78, 5) is 35.4. The third kappa shape index (κ3) is 6.19. The number of carbonyl (C=O) groups is 3. The van der Waals surface area contributed by atoms with Crippen molar-refractivity contribution in [2.75, 3.05) is 19.6 Å². The summed E-state index contributed by atoms with van der Waals surface area (Å²) in [5.41, 5.74) is 0. The number of carbonyl (C=O) groups excluding carboxylic acids is 2. The number of likely N-dealkylation sites (N-methyl/N-ethyl adjacent to an activating group) is 1. The molecule has 0 radical (unpaired) electrons. The van der Waals surface area contributed by atoms with Crippen molar-refractivity contribution in [1.82, 2.24) is 15.5 Å². The molecular formula is C12H21N3O4. The Bertz CT molecular complexity index is 346. The number of piperidine rings is 1. The van der Waals surface area contributed by atoms with Crippen LogP contribution in [0.4, 0.5) is 4.79 Å². The minimum Gasteiger partial charge on any atom is -0.481 e. The molecule has 0 saturated carbocycles. The number of likely N-dealkylation sites (tertiary alicyclic amines) is 1. The summed E-state index contributed by atoms with van der Waals surface area (Å²) in [7, 11) is 0. The molecule has 7 heteroatoms. The van der Waals surface area contributed by atoms with Crippen molar-refractivity contribution >= 4 is 17.9 Å². The number of nitrogens with one attached hydrogen (secondary N) is 2. The number of imide groups is 1. The molecule has 1 aliphatic rings. The Hall–Kier alpha value is -1.63. The number of urea groups is 1. The molecule has 1 heterocycles. The van der Waals surface area contributed by atoms with Gasteiger partial charge in [0.1, 0.15) is 0 Å². The van der Waals surface area contributed by atoms with Gasteiger partial charge in [0.15, 0.2) is 0 Å². The van der Waals surface area contributed by atoms with Gasteiger partial charge in [-0.05, 0) is 25.9 Å². The zero-order valence-corrected chi connectivity index (χ0v) is 11.1. The van der Waals surface area contributed by atoms with Gasteiger partial charge in [0.05, 0.1) is 6.42 Å². The molecule has 0 aromatic carbocycles. The van der Waals surface area contributed by atoms with Crippen LogP contribution in [0.5, 0.6) is 0 Å². The van der Waals surface area contributed by atoms with E-state index >= 15 is 0 Å². The van der Waals surface area contributed by atoms with Crippen LogP contribution in [0.3, 0.4) is 0 Å². The number of hydrogen-bond donors (Lipinski definition) is 3. The van der Waals surface area contributed by atoms with Gasteiger partial charge in [0, 0.05) is 19.0 Å². The molecule has 1 aliphatic heterocycles. The van der Waals surface area contributed by atoms with Crippen molar-refractivity contribution in [2.24, 2.45) is 0 Å². The van der Waals surface area contributed by atoms with E-state index in [0.29, 0.717) is 0 Å². The zero-order chi connectivity index (χ0) is 14.3. The number of nitrogens with zero attached hydrogens (tertiary/aromatic N) is 1. The van der Waals surface area contributed by atoms with Gasteiger partial charge < -0.3 is 15.3 Å². The van der Waals surface area contributed by atoms with Crippen molar-refractivity contribution in [1.29, 1.82) is 0 Å². The molecule has 0 bridgehead atoms. The van der Waals surface area contributed by atoms with Crippen LogP contribution in [0.25, 0.3) is 0 Å². The maximum absolute atomic E-state index is 11.6. The fourth-order valence-corrected chi connectivity index (χ4v) is 2.09. The van der Waals surface area contributed by atoms with Gasteiger partial charge in [0.25, 0.3) is 0 Å². The minimum absolute atomic E-state index is 0.0426. The van der Waals surface area contributed by atoms with Crippen LogP contribution in [0, 0.1) is 0 Å². The maximum atomic E-state index is 11.6. The summed E-state index contributed by atoms with van der Waals surface area (Å²) >= 11 is 0. The molecule has 1 unspecified atom stereocenters. The van der Waals surface area contributed by atoms with Gasteiger partial charge in [-0.15, -0.1) is 0 Å². The van der Waals surface area contributed by atoms with E-state index in [0.717, 1.165) is 32.5 Å². The highest BCUT2D eigenvalue weighted by atomic mass is 16.4. The van der Waals surface area contributed by atoms with E-state index in [-0.39, 0.29) is 18.9 Å². The third-order valence-electron chi connectivity index (χ3n) is 3.11. The summed E-state index contributed by atoms with van der Waals surface area (Å²) in [6.45, 7) is 4.83. The molecule has 0 aromatic heterocycles. The molecular weight excluding hydrogens is 250 g/mol. The number of rotatable bonds is 5. The van der Waals surface area contributed by atoms with Crippen molar-refractivity contribution in [3.63, 3.8) is 0 Å². The van der Waals surface area contributed by atoms with Gasteiger partial charge in [-0.25, -0.2) is 4.79 Å². The fourth-order valence-electron chi connectivity index (χ4n) is 2.09. The SMILES string of the molecule is CCN1CCCC(NC(=O)NC(=O)CCC(=O)O)C1. The first-order chi connectivity index (χ1) is 9.01. The Morgan fingerprint density at radius 3 is 2.68 bits per heavy atom. The van der Waals surface area contributed by atoms with Gasteiger partial charge in [0.2, 0.25) is 5.91 Å². The van der Waals surface area contributed by atoms with E-state index in [1.54, 1.807) is 0 Å². The smallest absolute Gasteiger partial charge is 0.321 e. The predicted octanol–water partition coefficient (Wildman–Crippen LogP) is 0.161. The zero-order valence-electron chi connectivity index (χ0n) is 11.1. The van der Waals surface area contributed by atoms with Gasteiger partial charge >= 0.3 is 12.0 Å². The highest BCUT2D eigenvalue weighted by Crippen LogP contribution is 2.09. The molecule has 0 aromatic rings. The lowest BCUT2D eigenvalue weighted by atomic mass is 10.1. The summed E-state index contributed by atoms with van der Waals surface area (Å²) in [5, 5.41) is 13.3. The van der Waals surface area contributed by atoms with Crippen LogP contribution >= 0.6 is 0 Å². The largest absolute Gasteiger partial charge is 0.481 e. The molecule has 7 nitrogen and oxygen atoms in total. The van der Waals surface area contributed by atoms with E-state index in [4.69, 9.17) is 5.11 Å². The third-order valence-corrected chi connectivity index (χ3v) is 3.11. The standard InChI is InChI=1S/C12H21N3O4/c1-2-15-7-3-4-9(8-15)13-12(19)14-10(16)5-6-11(17)18/h9H,2-8H2,1H3,(H,17,18)(H2,13,14,16,19). The molecule has 19 heavy (non-hydrogen) atoms. The van der Waals surface area contributed by atoms with E-state index in [1.807, 2.05) is 0 Å². The van der Waals surface area contributed by atoms with Gasteiger partial charge in [-0.2, -0.15) is 0 Å². The number of aliphatic carboxylic acids is 1. The Kier molecular flexibility index (Phi) is 6.27. The predicted molar refractivity (Wildman–Crippen MR) is 68.7 cm³/mol. The summed E-state index contributed by atoms with van der Waals surface area (Å²) in [5.74, 6) is -1.62. The number of amides is 3. The first kappa shape index (κ1) is 15.4. The molecule has 1 rings (SSSR count). The molecule has 0 spiro atoms. The lowest BCUT2D eigenvalue weighted by Gasteiger charge is -2.32. The second kappa shape index (κ2) is 7.73. The van der Waals surface area contributed by atoms with Crippen LogP contribution in [0.1, 0.15) is 32.6 Å². The monoisotopic (exact) mass is 271 g/mol. The van der Waals surface area contributed by atoms with Crippen LogP contribution < -0.4 is 10.6 Å². The highest BCUT2D eigenvalue weighted by Gasteiger charge is 2.20. The lowest BCUT2D eigenvalue weighted by Crippen LogP contribution is -2.51. The van der Waals surface area contributed by atoms with Gasteiger partial charge in [-0.3, -0.25) is 14.9 Å². The summed E-state index contributed by atoms with van der Waals surface area (Å²) in [6, 6.07) is -0.501. The Labute approximate surface area is 112 Å². The highest BCUT2D eigenvalue weighted by molar-refractivity contribution is 5.95. The lowest BCUT2D eigenvalue weighted by molar-refractivity contribution is -0.138. The second-order valence-corrected chi connectivity index (χ2v) is 4.65. The van der Waals surface area contributed by atoms with E-state index < -0.39 is 17.9 Å². The van der Waals surface area contributed by atoms with E-state index in [1.165, 1.54) is 0 Å². The van der Waals surface area contributed by atoms with Crippen molar-refractivity contribution in [3.8, 4) is 0 Å². The van der Waals surface area contributed by atoms with Crippen LogP contribution in [-0.4, -0.2) is 53.6 Å². The average Bonchev–Trinajstić information content (AvgIpc) is 2.36. The minimum atomic E-state index is -1.05. The molecule has 3 amide bonds. The summed E-state index contributed by atoms with van der Waals surface area (Å²) in [6.07, 6.45) is 1.46. The first-order valence-corrected chi connectivity index (χ1v) is 6.55. The van der Waals surface area contributed by atoms with Crippen molar-refractivity contribution < 1.29 is 19.5 Å². The average molecular weight is 271 g/mol. The van der Waals surface area contributed by atoms with Crippen LogP contribution in [0.2, 0.25) is 0 Å². The Morgan fingerprint density at radius 2 is 2.05 bits per heavy atom. The molecule has 1 fully saturated rings. The maximum Gasteiger partial charge on any atom is 0.321 e. The molecule has 1 atom stereocenters. The normalized spacial score (nSPS) is 19.7. The van der Waals surface area contributed by atoms with Gasteiger partial charge in [-0.1, -0.05) is 6.92 Å². The Balaban J connectivity index is 2.26. The number of carboxylic acid groups (broad SMARTS) is 1. The topological polar surface area (TPSA) is 98.7 Å². The second-order valence-electron chi connectivity index (χ2n) is 4.65. The molecule has 108 valence electrons. The van der Waals surface area contributed by atoms with Crippen molar-refractivity contribution in [3.05, 3.63) is 0 Å². The van der Waals surface area contributed by atoms with Crippen LogP contribution in [0.15, 0.2) is 0 Å². The fraction of sp³-hybridized carbons (Fsp3) is 0.750. The summed E-state index contributed by atoms with van der Waals surface area (Å²) < 4.78 is 0. The first-order valence-electron chi connectivity index (χ1n) is 6.55. The van der Waals surface area contributed by atoms with Crippen molar-refractivity contribution in [2.45, 2.75) is 38.6 Å². The molecule has 0 aliphatic carbocycles. The van der Waals surface area contributed by atoms with E-state index in [9.17, 15) is 14.4 Å². The molecule has 3 N–H and O–H groups in total. The number of carboxylic acids is 1. The quantitative estimate of drug-likeness (QED) is 0.661. The van der Waals surface area contributed by atoms with E-state index in [2.05, 4.69) is 22.5 Å². The molecule has 1 saturated heterocycles. The number of hydrogen-bond acceptors (Lipinski definition) is 4.